The summed E-state index contributed by atoms with van der Waals surface area (Å²) in [6.45, 7) is 7.59. The summed E-state index contributed by atoms with van der Waals surface area (Å²) >= 11 is 0. The molecule has 0 spiro atoms. The molecule has 0 radical (unpaired) electrons. The molecule has 1 aromatic rings. The molecule has 3 nitrogen and oxygen atoms in total. The molecule has 0 aliphatic carbocycles. The Labute approximate surface area is 127 Å². The van der Waals surface area contributed by atoms with Crippen LogP contribution in [0.1, 0.15) is 41.6 Å². The molecule has 1 unspecified atom stereocenters. The van der Waals surface area contributed by atoms with Crippen LogP contribution < -0.4 is 0 Å². The fourth-order valence-electron chi connectivity index (χ4n) is 3.61. The lowest BCUT2D eigenvalue weighted by molar-refractivity contribution is 0.0648. The van der Waals surface area contributed by atoms with E-state index in [1.807, 2.05) is 24.3 Å². The summed E-state index contributed by atoms with van der Waals surface area (Å²) in [7, 11) is 0. The van der Waals surface area contributed by atoms with Gasteiger partial charge in [-0.3, -0.25) is 4.79 Å². The highest BCUT2D eigenvalue weighted by Crippen LogP contribution is 2.21. The second-order valence-corrected chi connectivity index (χ2v) is 6.63. The van der Waals surface area contributed by atoms with Crippen LogP contribution in [0.2, 0.25) is 0 Å². The second kappa shape index (κ2) is 6.61. The van der Waals surface area contributed by atoms with Crippen molar-refractivity contribution >= 4 is 5.91 Å². The van der Waals surface area contributed by atoms with Crippen LogP contribution in [0.5, 0.6) is 0 Å². The van der Waals surface area contributed by atoms with Gasteiger partial charge in [0.2, 0.25) is 0 Å². The maximum absolute atomic E-state index is 12.6. The second-order valence-electron chi connectivity index (χ2n) is 6.63. The van der Waals surface area contributed by atoms with Crippen molar-refractivity contribution in [3.8, 4) is 0 Å². The molecule has 21 heavy (non-hydrogen) atoms. The van der Waals surface area contributed by atoms with Gasteiger partial charge in [-0.05, 0) is 63.7 Å². The fourth-order valence-corrected chi connectivity index (χ4v) is 3.61. The van der Waals surface area contributed by atoms with Crippen molar-refractivity contribution in [1.29, 1.82) is 0 Å². The highest BCUT2D eigenvalue weighted by molar-refractivity contribution is 5.94. The third-order valence-corrected chi connectivity index (χ3v) is 4.82. The number of hydrogen-bond donors (Lipinski definition) is 0. The molecule has 3 rings (SSSR count). The lowest BCUT2D eigenvalue weighted by Crippen LogP contribution is -2.43. The largest absolute Gasteiger partial charge is 0.338 e. The normalized spacial score (nSPS) is 23.5. The van der Waals surface area contributed by atoms with Crippen LogP contribution in [0.15, 0.2) is 24.3 Å². The Kier molecular flexibility index (Phi) is 4.59. The first kappa shape index (κ1) is 14.6. The van der Waals surface area contributed by atoms with E-state index in [-0.39, 0.29) is 5.91 Å². The molecule has 1 atom stereocenters. The molecule has 2 fully saturated rings. The number of rotatable bonds is 3. The van der Waals surface area contributed by atoms with E-state index in [2.05, 4.69) is 16.7 Å². The maximum atomic E-state index is 12.6. The number of likely N-dealkylation sites (tertiary alicyclic amines) is 2. The molecule has 0 saturated carbocycles. The van der Waals surface area contributed by atoms with E-state index in [4.69, 9.17) is 0 Å². The van der Waals surface area contributed by atoms with Gasteiger partial charge < -0.3 is 9.80 Å². The molecule has 0 N–H and O–H groups in total. The zero-order chi connectivity index (χ0) is 14.7. The van der Waals surface area contributed by atoms with Crippen molar-refractivity contribution in [3.05, 3.63) is 35.4 Å². The van der Waals surface area contributed by atoms with Gasteiger partial charge in [-0.2, -0.15) is 0 Å². The van der Waals surface area contributed by atoms with Crippen molar-refractivity contribution in [2.45, 2.75) is 32.6 Å². The SMILES string of the molecule is Cc1ccc(C(=O)N2CCCC(CN3CCCC3)C2)cc1. The first-order valence-corrected chi connectivity index (χ1v) is 8.30. The first-order chi connectivity index (χ1) is 10.2. The Morgan fingerprint density at radius 3 is 2.52 bits per heavy atom. The summed E-state index contributed by atoms with van der Waals surface area (Å²) in [6, 6.07) is 7.97. The van der Waals surface area contributed by atoms with Crippen molar-refractivity contribution in [2.75, 3.05) is 32.7 Å². The van der Waals surface area contributed by atoms with E-state index >= 15 is 0 Å². The number of aryl methyl sites for hydroxylation is 1. The summed E-state index contributed by atoms with van der Waals surface area (Å²) in [4.78, 5) is 17.2. The molecule has 2 aliphatic heterocycles. The van der Waals surface area contributed by atoms with Gasteiger partial charge in [-0.15, -0.1) is 0 Å². The minimum Gasteiger partial charge on any atom is -0.338 e. The van der Waals surface area contributed by atoms with E-state index < -0.39 is 0 Å². The molecule has 2 aliphatic rings. The van der Waals surface area contributed by atoms with Gasteiger partial charge in [0.25, 0.3) is 5.91 Å². The van der Waals surface area contributed by atoms with Gasteiger partial charge >= 0.3 is 0 Å². The van der Waals surface area contributed by atoms with Crippen LogP contribution in [0, 0.1) is 12.8 Å². The van der Waals surface area contributed by atoms with Crippen LogP contribution in [-0.4, -0.2) is 48.4 Å². The summed E-state index contributed by atoms with van der Waals surface area (Å²) in [5.41, 5.74) is 2.04. The average molecular weight is 286 g/mol. The third-order valence-electron chi connectivity index (χ3n) is 4.82. The van der Waals surface area contributed by atoms with Gasteiger partial charge in [0, 0.05) is 25.2 Å². The Balaban J connectivity index is 1.59. The Bertz CT molecular complexity index is 476. The van der Waals surface area contributed by atoms with E-state index in [0.717, 1.165) is 25.1 Å². The van der Waals surface area contributed by atoms with Gasteiger partial charge in [0.15, 0.2) is 0 Å². The van der Waals surface area contributed by atoms with Crippen LogP contribution in [-0.2, 0) is 0 Å². The summed E-state index contributed by atoms with van der Waals surface area (Å²) in [5, 5.41) is 0. The number of hydrogen-bond acceptors (Lipinski definition) is 2. The maximum Gasteiger partial charge on any atom is 0.253 e. The van der Waals surface area contributed by atoms with Gasteiger partial charge in [-0.25, -0.2) is 0 Å². The quantitative estimate of drug-likeness (QED) is 0.853. The van der Waals surface area contributed by atoms with Crippen molar-refractivity contribution in [3.63, 3.8) is 0 Å². The summed E-state index contributed by atoms with van der Waals surface area (Å²) < 4.78 is 0. The Hall–Kier alpha value is -1.35. The summed E-state index contributed by atoms with van der Waals surface area (Å²) in [5.74, 6) is 0.868. The molecule has 1 amide bonds. The third kappa shape index (κ3) is 3.65. The van der Waals surface area contributed by atoms with E-state index in [0.29, 0.717) is 5.92 Å². The molecule has 2 heterocycles. The zero-order valence-corrected chi connectivity index (χ0v) is 13.1. The Morgan fingerprint density at radius 1 is 1.10 bits per heavy atom. The van der Waals surface area contributed by atoms with Crippen LogP contribution in [0.4, 0.5) is 0 Å². The number of nitrogens with zero attached hydrogens (tertiary/aromatic N) is 2. The molecule has 1 aromatic carbocycles. The lowest BCUT2D eigenvalue weighted by atomic mass is 9.96. The summed E-state index contributed by atoms with van der Waals surface area (Å²) in [6.07, 6.45) is 5.11. The molecule has 114 valence electrons. The molecule has 2 saturated heterocycles. The smallest absolute Gasteiger partial charge is 0.253 e. The first-order valence-electron chi connectivity index (χ1n) is 8.30. The van der Waals surface area contributed by atoms with Gasteiger partial charge in [0.05, 0.1) is 0 Å². The highest BCUT2D eigenvalue weighted by Gasteiger charge is 2.26. The molecular formula is C18H26N2O. The monoisotopic (exact) mass is 286 g/mol. The predicted molar refractivity (Wildman–Crippen MR) is 85.5 cm³/mol. The number of carbonyl (C=O) groups excluding carboxylic acids is 1. The number of benzene rings is 1. The molecule has 0 aromatic heterocycles. The van der Waals surface area contributed by atoms with Gasteiger partial charge in [-0.1, -0.05) is 17.7 Å². The van der Waals surface area contributed by atoms with E-state index in [1.54, 1.807) is 0 Å². The van der Waals surface area contributed by atoms with E-state index in [9.17, 15) is 4.79 Å². The predicted octanol–water partition coefficient (Wildman–Crippen LogP) is 2.94. The van der Waals surface area contributed by atoms with Crippen molar-refractivity contribution < 1.29 is 4.79 Å². The van der Waals surface area contributed by atoms with E-state index in [1.165, 1.54) is 44.5 Å². The molecule has 3 heteroatoms. The van der Waals surface area contributed by atoms with Crippen LogP contribution in [0.25, 0.3) is 0 Å². The minimum absolute atomic E-state index is 0.209. The van der Waals surface area contributed by atoms with Gasteiger partial charge in [0.1, 0.15) is 0 Å². The lowest BCUT2D eigenvalue weighted by Gasteiger charge is -2.34. The number of amides is 1. The topological polar surface area (TPSA) is 23.6 Å². The van der Waals surface area contributed by atoms with Crippen molar-refractivity contribution in [2.24, 2.45) is 5.92 Å². The highest BCUT2D eigenvalue weighted by atomic mass is 16.2. The average Bonchev–Trinajstić information content (AvgIpc) is 3.00. The minimum atomic E-state index is 0.209. The fraction of sp³-hybridized carbons (Fsp3) is 0.611. The number of piperidine rings is 1. The van der Waals surface area contributed by atoms with Crippen molar-refractivity contribution in [1.82, 2.24) is 9.80 Å². The number of carbonyl (C=O) groups is 1. The van der Waals surface area contributed by atoms with Crippen LogP contribution in [0.3, 0.4) is 0 Å². The molecular weight excluding hydrogens is 260 g/mol. The standard InChI is InChI=1S/C18H26N2O/c1-15-6-8-17(9-7-15)18(21)20-12-4-5-16(14-20)13-19-10-2-3-11-19/h6-9,16H,2-5,10-14H2,1H3. The zero-order valence-electron chi connectivity index (χ0n) is 13.1. The molecule has 0 bridgehead atoms. The Morgan fingerprint density at radius 2 is 1.81 bits per heavy atom. The van der Waals surface area contributed by atoms with Crippen LogP contribution >= 0.6 is 0 Å².